The van der Waals surface area contributed by atoms with Gasteiger partial charge in [-0.15, -0.1) is 0 Å². The van der Waals surface area contributed by atoms with Crippen LogP contribution in [-0.4, -0.2) is 53.7 Å². The van der Waals surface area contributed by atoms with Gasteiger partial charge in [0.15, 0.2) is 0 Å². The van der Waals surface area contributed by atoms with Crippen LogP contribution >= 0.6 is 0 Å². The van der Waals surface area contributed by atoms with E-state index in [1.54, 1.807) is 11.0 Å². The number of hydrogen-bond donors (Lipinski definition) is 1. The fraction of sp³-hybridized carbons (Fsp3) is 0.500. The first-order valence-corrected chi connectivity index (χ1v) is 8.15. The van der Waals surface area contributed by atoms with Gasteiger partial charge in [0, 0.05) is 38.8 Å². The van der Waals surface area contributed by atoms with E-state index in [2.05, 4.69) is 26.1 Å². The highest BCUT2D eigenvalue weighted by Crippen LogP contribution is 2.29. The quantitative estimate of drug-likeness (QED) is 0.795. The Morgan fingerprint density at radius 1 is 0.958 bits per heavy atom. The van der Waals surface area contributed by atoms with E-state index in [4.69, 9.17) is 0 Å². The third-order valence-electron chi connectivity index (χ3n) is 4.19. The second-order valence-electron chi connectivity index (χ2n) is 7.05. The predicted molar refractivity (Wildman–Crippen MR) is 92.6 cm³/mol. The molecule has 1 saturated heterocycles. The third-order valence-corrected chi connectivity index (χ3v) is 4.19. The van der Waals surface area contributed by atoms with Crippen molar-refractivity contribution in [2.75, 3.05) is 31.5 Å². The van der Waals surface area contributed by atoms with E-state index in [-0.39, 0.29) is 11.3 Å². The minimum Gasteiger partial charge on any atom is -0.339 e. The van der Waals surface area contributed by atoms with Crippen LogP contribution < -0.4 is 5.32 Å². The molecule has 130 valence electrons. The first kappa shape index (κ1) is 18.0. The summed E-state index contributed by atoms with van der Waals surface area (Å²) in [6.07, 6.45) is 0. The van der Waals surface area contributed by atoms with Gasteiger partial charge in [0.2, 0.25) is 5.91 Å². The molecule has 0 saturated carbocycles. The second kappa shape index (κ2) is 7.03. The average Bonchev–Trinajstić information content (AvgIpc) is 2.53. The number of rotatable bonds is 1. The molecule has 0 bridgehead atoms. The lowest BCUT2D eigenvalue weighted by molar-refractivity contribution is -0.145. The van der Waals surface area contributed by atoms with Crippen LogP contribution in [0.3, 0.4) is 0 Å². The van der Waals surface area contributed by atoms with Gasteiger partial charge in [-0.2, -0.15) is 0 Å². The number of anilines is 1. The molecule has 24 heavy (non-hydrogen) atoms. The SMILES string of the molecule is CC(=O)N1CCN(C(=O)C(=O)Nc2ccccc2C(C)(C)C)CC1. The van der Waals surface area contributed by atoms with Crippen LogP contribution in [0.1, 0.15) is 33.3 Å². The minimum absolute atomic E-state index is 0.00865. The Morgan fingerprint density at radius 2 is 1.50 bits per heavy atom. The van der Waals surface area contributed by atoms with Crippen molar-refractivity contribution in [3.05, 3.63) is 29.8 Å². The summed E-state index contributed by atoms with van der Waals surface area (Å²) >= 11 is 0. The van der Waals surface area contributed by atoms with Gasteiger partial charge in [0.05, 0.1) is 0 Å². The van der Waals surface area contributed by atoms with Crippen LogP contribution in [0, 0.1) is 0 Å². The monoisotopic (exact) mass is 331 g/mol. The molecular weight excluding hydrogens is 306 g/mol. The molecule has 0 unspecified atom stereocenters. The number of benzene rings is 1. The van der Waals surface area contributed by atoms with E-state index in [9.17, 15) is 14.4 Å². The number of nitrogens with one attached hydrogen (secondary N) is 1. The van der Waals surface area contributed by atoms with Crippen LogP contribution in [0.2, 0.25) is 0 Å². The van der Waals surface area contributed by atoms with Crippen LogP contribution in [0.25, 0.3) is 0 Å². The van der Waals surface area contributed by atoms with Gasteiger partial charge >= 0.3 is 11.8 Å². The van der Waals surface area contributed by atoms with E-state index in [0.29, 0.717) is 31.9 Å². The highest BCUT2D eigenvalue weighted by molar-refractivity contribution is 6.39. The van der Waals surface area contributed by atoms with Crippen LogP contribution in [0.15, 0.2) is 24.3 Å². The molecule has 6 heteroatoms. The maximum Gasteiger partial charge on any atom is 0.313 e. The molecular formula is C18H25N3O3. The molecule has 0 aromatic heterocycles. The predicted octanol–water partition coefficient (Wildman–Crippen LogP) is 1.61. The molecule has 1 aliphatic heterocycles. The van der Waals surface area contributed by atoms with Crippen molar-refractivity contribution < 1.29 is 14.4 Å². The smallest absolute Gasteiger partial charge is 0.313 e. The molecule has 0 aliphatic carbocycles. The molecule has 1 fully saturated rings. The molecule has 0 spiro atoms. The van der Waals surface area contributed by atoms with Crippen molar-refractivity contribution in [2.24, 2.45) is 0 Å². The van der Waals surface area contributed by atoms with E-state index in [1.165, 1.54) is 11.8 Å². The largest absolute Gasteiger partial charge is 0.339 e. The lowest BCUT2D eigenvalue weighted by Gasteiger charge is -2.33. The zero-order chi connectivity index (χ0) is 17.9. The molecule has 6 nitrogen and oxygen atoms in total. The van der Waals surface area contributed by atoms with Crippen molar-refractivity contribution in [1.82, 2.24) is 9.80 Å². The molecule has 1 N–H and O–H groups in total. The normalized spacial score (nSPS) is 15.2. The van der Waals surface area contributed by atoms with Gasteiger partial charge in [0.1, 0.15) is 0 Å². The topological polar surface area (TPSA) is 69.7 Å². The highest BCUT2D eigenvalue weighted by atomic mass is 16.2. The maximum atomic E-state index is 12.4. The number of hydrogen-bond acceptors (Lipinski definition) is 3. The Hall–Kier alpha value is -2.37. The van der Waals surface area contributed by atoms with E-state index in [0.717, 1.165) is 5.56 Å². The summed E-state index contributed by atoms with van der Waals surface area (Å²) in [5.41, 5.74) is 1.50. The van der Waals surface area contributed by atoms with Gasteiger partial charge in [-0.1, -0.05) is 39.0 Å². The standard InChI is InChI=1S/C18H25N3O3/c1-13(22)20-9-11-21(12-10-20)17(24)16(23)19-15-8-6-5-7-14(15)18(2,3)4/h5-8H,9-12H2,1-4H3,(H,19,23). The summed E-state index contributed by atoms with van der Waals surface area (Å²) in [7, 11) is 0. The van der Waals surface area contributed by atoms with Crippen molar-refractivity contribution in [1.29, 1.82) is 0 Å². The number of piperazine rings is 1. The molecule has 1 aromatic rings. The Balaban J connectivity index is 2.03. The molecule has 0 radical (unpaired) electrons. The summed E-state index contributed by atoms with van der Waals surface area (Å²) in [4.78, 5) is 39.2. The summed E-state index contributed by atoms with van der Waals surface area (Å²) in [6.45, 7) is 9.37. The van der Waals surface area contributed by atoms with Crippen molar-refractivity contribution in [3.63, 3.8) is 0 Å². The average molecular weight is 331 g/mol. The summed E-state index contributed by atoms with van der Waals surface area (Å²) < 4.78 is 0. The fourth-order valence-corrected chi connectivity index (χ4v) is 2.79. The summed E-state index contributed by atoms with van der Waals surface area (Å²) in [5.74, 6) is -1.20. The Kier molecular flexibility index (Phi) is 5.26. The number of carbonyl (C=O) groups excluding carboxylic acids is 3. The number of amides is 3. The fourth-order valence-electron chi connectivity index (χ4n) is 2.79. The third kappa shape index (κ3) is 4.13. The maximum absolute atomic E-state index is 12.4. The Bertz CT molecular complexity index is 641. The van der Waals surface area contributed by atoms with Crippen LogP contribution in [-0.2, 0) is 19.8 Å². The molecule has 3 amide bonds. The number of para-hydroxylation sites is 1. The van der Waals surface area contributed by atoms with Gasteiger partial charge < -0.3 is 15.1 Å². The van der Waals surface area contributed by atoms with E-state index < -0.39 is 11.8 Å². The van der Waals surface area contributed by atoms with Gasteiger partial charge in [-0.3, -0.25) is 14.4 Å². The second-order valence-corrected chi connectivity index (χ2v) is 7.05. The lowest BCUT2D eigenvalue weighted by Crippen LogP contribution is -2.52. The summed E-state index contributed by atoms with van der Waals surface area (Å²) in [6, 6.07) is 7.51. The zero-order valence-electron chi connectivity index (χ0n) is 14.8. The van der Waals surface area contributed by atoms with Gasteiger partial charge in [-0.05, 0) is 17.0 Å². The zero-order valence-corrected chi connectivity index (χ0v) is 14.8. The first-order chi connectivity index (χ1) is 11.2. The Labute approximate surface area is 142 Å². The molecule has 2 rings (SSSR count). The molecule has 0 atom stereocenters. The van der Waals surface area contributed by atoms with E-state index in [1.807, 2.05) is 18.2 Å². The number of nitrogens with zero attached hydrogens (tertiary/aromatic N) is 2. The molecule has 1 aromatic carbocycles. The lowest BCUT2D eigenvalue weighted by atomic mass is 9.86. The van der Waals surface area contributed by atoms with Crippen molar-refractivity contribution in [3.8, 4) is 0 Å². The van der Waals surface area contributed by atoms with Gasteiger partial charge in [-0.25, -0.2) is 0 Å². The Morgan fingerprint density at radius 3 is 2.04 bits per heavy atom. The highest BCUT2D eigenvalue weighted by Gasteiger charge is 2.28. The van der Waals surface area contributed by atoms with Crippen LogP contribution in [0.5, 0.6) is 0 Å². The van der Waals surface area contributed by atoms with Crippen LogP contribution in [0.4, 0.5) is 5.69 Å². The number of carbonyl (C=O) groups is 3. The minimum atomic E-state index is -0.636. The van der Waals surface area contributed by atoms with Crippen molar-refractivity contribution in [2.45, 2.75) is 33.1 Å². The first-order valence-electron chi connectivity index (χ1n) is 8.15. The van der Waals surface area contributed by atoms with E-state index >= 15 is 0 Å². The van der Waals surface area contributed by atoms with Gasteiger partial charge in [0.25, 0.3) is 0 Å². The molecule has 1 aliphatic rings. The van der Waals surface area contributed by atoms with Crippen molar-refractivity contribution >= 4 is 23.4 Å². The summed E-state index contributed by atoms with van der Waals surface area (Å²) in [5, 5.41) is 2.74. The molecule has 1 heterocycles.